The summed E-state index contributed by atoms with van der Waals surface area (Å²) in [6.45, 7) is -2.47. The van der Waals surface area contributed by atoms with Gasteiger partial charge in [0.25, 0.3) is 10.2 Å². The summed E-state index contributed by atoms with van der Waals surface area (Å²) in [6.07, 6.45) is 1.44. The Bertz CT molecular complexity index is 686. The molecule has 9 nitrogen and oxygen atoms in total. The molecular weight excluding hydrogens is 386 g/mol. The van der Waals surface area contributed by atoms with Crippen LogP contribution in [0.1, 0.15) is 25.7 Å². The van der Waals surface area contributed by atoms with Gasteiger partial charge in [0.2, 0.25) is 11.8 Å². The van der Waals surface area contributed by atoms with E-state index in [0.717, 1.165) is 4.31 Å². The molecular formula is C15H24F2N4O5S. The second kappa shape index (κ2) is 7.94. The fourth-order valence-electron chi connectivity index (χ4n) is 3.90. The van der Waals surface area contributed by atoms with Gasteiger partial charge in [-0.3, -0.25) is 9.59 Å². The first-order valence-corrected chi connectivity index (χ1v) is 10.4. The van der Waals surface area contributed by atoms with Crippen LogP contribution in [0, 0.1) is 5.92 Å². The van der Waals surface area contributed by atoms with Crippen LogP contribution in [0.4, 0.5) is 8.78 Å². The summed E-state index contributed by atoms with van der Waals surface area (Å²) < 4.78 is 56.3. The molecule has 2 amide bonds. The van der Waals surface area contributed by atoms with Crippen LogP contribution in [0.5, 0.6) is 0 Å². The molecule has 3 heterocycles. The minimum Gasteiger partial charge on any atom is -0.368 e. The zero-order chi connectivity index (χ0) is 19.8. The van der Waals surface area contributed by atoms with E-state index in [4.69, 9.17) is 5.73 Å². The molecule has 0 spiro atoms. The zero-order valence-electron chi connectivity index (χ0n) is 14.8. The number of alkyl halides is 2. The third-order valence-electron chi connectivity index (χ3n) is 5.36. The molecule has 3 fully saturated rings. The van der Waals surface area contributed by atoms with E-state index in [1.54, 1.807) is 0 Å². The maximum absolute atomic E-state index is 12.8. The summed E-state index contributed by atoms with van der Waals surface area (Å²) in [5.74, 6) is -1.34. The van der Waals surface area contributed by atoms with Crippen LogP contribution in [0.3, 0.4) is 0 Å². The van der Waals surface area contributed by atoms with E-state index in [2.05, 4.69) is 4.74 Å². The first-order valence-electron chi connectivity index (χ1n) is 8.98. The molecule has 3 rings (SSSR count). The molecule has 0 aliphatic carbocycles. The Labute approximate surface area is 156 Å². The van der Waals surface area contributed by atoms with E-state index >= 15 is 0 Å². The van der Waals surface area contributed by atoms with E-state index in [-0.39, 0.29) is 32.1 Å². The SMILES string of the molecule is NC(=O)[C@H]1CCCN1C(=O)[C@H]1CCCN(S(=O)(=O)N2CC(OC(F)F)C2)C1. The van der Waals surface area contributed by atoms with Crippen molar-refractivity contribution in [1.82, 2.24) is 13.5 Å². The summed E-state index contributed by atoms with van der Waals surface area (Å²) in [5, 5.41) is 0. The summed E-state index contributed by atoms with van der Waals surface area (Å²) in [5.41, 5.74) is 5.35. The van der Waals surface area contributed by atoms with Crippen molar-refractivity contribution in [3.63, 3.8) is 0 Å². The molecule has 3 aliphatic rings. The van der Waals surface area contributed by atoms with Crippen LogP contribution in [-0.4, -0.2) is 85.2 Å². The lowest BCUT2D eigenvalue weighted by Gasteiger charge is -2.42. The first-order chi connectivity index (χ1) is 12.7. The molecule has 3 saturated heterocycles. The topological polar surface area (TPSA) is 113 Å². The molecule has 0 aromatic rings. The number of rotatable bonds is 6. The third kappa shape index (κ3) is 4.23. The summed E-state index contributed by atoms with van der Waals surface area (Å²) in [6, 6.07) is -0.632. The van der Waals surface area contributed by atoms with Gasteiger partial charge < -0.3 is 15.4 Å². The largest absolute Gasteiger partial charge is 0.368 e. The van der Waals surface area contributed by atoms with Gasteiger partial charge in [0.05, 0.1) is 12.0 Å². The van der Waals surface area contributed by atoms with Crippen LogP contribution in [0.15, 0.2) is 0 Å². The first kappa shape index (κ1) is 20.4. The molecule has 27 heavy (non-hydrogen) atoms. The number of piperidine rings is 1. The minimum absolute atomic E-state index is 0.0139. The standard InChI is InChI=1S/C15H24F2N4O5S/c16-15(17)26-11-8-20(9-11)27(24,25)19-5-1-3-10(7-19)14(23)21-6-2-4-12(21)13(18)22/h10-12,15H,1-9H2,(H2,18,22)/t10-,12+/m0/s1. The van der Waals surface area contributed by atoms with Crippen molar-refractivity contribution >= 4 is 22.0 Å². The van der Waals surface area contributed by atoms with E-state index in [9.17, 15) is 26.8 Å². The van der Waals surface area contributed by atoms with Gasteiger partial charge in [-0.25, -0.2) is 0 Å². The van der Waals surface area contributed by atoms with Crippen LogP contribution in [0.2, 0.25) is 0 Å². The highest BCUT2D eigenvalue weighted by Crippen LogP contribution is 2.28. The van der Waals surface area contributed by atoms with Gasteiger partial charge in [-0.15, -0.1) is 0 Å². The van der Waals surface area contributed by atoms with Gasteiger partial charge >= 0.3 is 6.61 Å². The smallest absolute Gasteiger partial charge is 0.345 e. The minimum atomic E-state index is -3.83. The highest BCUT2D eigenvalue weighted by atomic mass is 32.2. The third-order valence-corrected chi connectivity index (χ3v) is 7.30. The Balaban J connectivity index is 1.61. The number of carbonyl (C=O) groups excluding carboxylic acids is 2. The van der Waals surface area contributed by atoms with Crippen molar-refractivity contribution in [2.45, 2.75) is 44.4 Å². The van der Waals surface area contributed by atoms with Gasteiger partial charge in [-0.1, -0.05) is 0 Å². The molecule has 0 unspecified atom stereocenters. The molecule has 12 heteroatoms. The molecule has 0 aromatic heterocycles. The van der Waals surface area contributed by atoms with E-state index in [1.807, 2.05) is 0 Å². The second-order valence-electron chi connectivity index (χ2n) is 7.13. The number of likely N-dealkylation sites (tertiary alicyclic amines) is 1. The maximum atomic E-state index is 12.8. The number of nitrogens with two attached hydrogens (primary N) is 1. The lowest BCUT2D eigenvalue weighted by atomic mass is 9.97. The summed E-state index contributed by atoms with van der Waals surface area (Å²) in [4.78, 5) is 25.8. The van der Waals surface area contributed by atoms with Crippen molar-refractivity contribution in [3.8, 4) is 0 Å². The number of primary amides is 1. The molecule has 2 atom stereocenters. The Kier molecular flexibility index (Phi) is 5.99. The fraction of sp³-hybridized carbons (Fsp3) is 0.867. The number of halogens is 2. The monoisotopic (exact) mass is 410 g/mol. The summed E-state index contributed by atoms with van der Waals surface area (Å²) in [7, 11) is -3.83. The number of hydrogen-bond acceptors (Lipinski definition) is 5. The van der Waals surface area contributed by atoms with Crippen molar-refractivity contribution in [2.24, 2.45) is 11.7 Å². The number of amides is 2. The zero-order valence-corrected chi connectivity index (χ0v) is 15.6. The van der Waals surface area contributed by atoms with E-state index in [0.29, 0.717) is 32.2 Å². The molecule has 0 aromatic carbocycles. The molecule has 0 bridgehead atoms. The second-order valence-corrected chi connectivity index (χ2v) is 9.06. The Morgan fingerprint density at radius 2 is 1.70 bits per heavy atom. The normalized spacial score (nSPS) is 28.5. The number of carbonyl (C=O) groups is 2. The average molecular weight is 410 g/mol. The van der Waals surface area contributed by atoms with Gasteiger partial charge in [0, 0.05) is 32.7 Å². The van der Waals surface area contributed by atoms with Crippen LogP contribution in [-0.2, 0) is 24.5 Å². The van der Waals surface area contributed by atoms with Crippen molar-refractivity contribution in [2.75, 3.05) is 32.7 Å². The maximum Gasteiger partial charge on any atom is 0.345 e. The lowest BCUT2D eigenvalue weighted by Crippen LogP contribution is -2.60. The van der Waals surface area contributed by atoms with Gasteiger partial charge in [0.1, 0.15) is 6.04 Å². The Hall–Kier alpha value is -1.37. The highest BCUT2D eigenvalue weighted by Gasteiger charge is 2.44. The average Bonchev–Trinajstić information content (AvgIpc) is 3.06. The Morgan fingerprint density at radius 1 is 1.04 bits per heavy atom. The number of nitrogens with zero attached hydrogens (tertiary/aromatic N) is 3. The summed E-state index contributed by atoms with van der Waals surface area (Å²) >= 11 is 0. The number of ether oxygens (including phenoxy) is 1. The van der Waals surface area contributed by atoms with Crippen LogP contribution < -0.4 is 5.73 Å². The Morgan fingerprint density at radius 3 is 2.33 bits per heavy atom. The quantitative estimate of drug-likeness (QED) is 0.625. The molecule has 3 aliphatic heterocycles. The van der Waals surface area contributed by atoms with Crippen LogP contribution >= 0.6 is 0 Å². The van der Waals surface area contributed by atoms with Gasteiger partial charge in [-0.2, -0.15) is 25.8 Å². The van der Waals surface area contributed by atoms with Gasteiger partial charge in [0.15, 0.2) is 0 Å². The van der Waals surface area contributed by atoms with Gasteiger partial charge in [-0.05, 0) is 25.7 Å². The van der Waals surface area contributed by atoms with E-state index < -0.39 is 40.8 Å². The molecule has 2 N–H and O–H groups in total. The lowest BCUT2D eigenvalue weighted by molar-refractivity contribution is -0.185. The van der Waals surface area contributed by atoms with E-state index in [1.165, 1.54) is 9.21 Å². The van der Waals surface area contributed by atoms with Crippen molar-refractivity contribution in [1.29, 1.82) is 0 Å². The van der Waals surface area contributed by atoms with Crippen molar-refractivity contribution < 1.29 is 31.5 Å². The highest BCUT2D eigenvalue weighted by molar-refractivity contribution is 7.86. The fourth-order valence-corrected chi connectivity index (χ4v) is 5.66. The van der Waals surface area contributed by atoms with Crippen LogP contribution in [0.25, 0.3) is 0 Å². The predicted octanol–water partition coefficient (Wildman–Crippen LogP) is -0.657. The molecule has 154 valence electrons. The molecule has 0 radical (unpaired) electrons. The van der Waals surface area contributed by atoms with Crippen molar-refractivity contribution in [3.05, 3.63) is 0 Å². The predicted molar refractivity (Wildman–Crippen MR) is 89.6 cm³/mol. The molecule has 0 saturated carbocycles. The number of hydrogen-bond donors (Lipinski definition) is 1.